The molecule has 2 aromatic heterocycles. The van der Waals surface area contributed by atoms with Crippen molar-refractivity contribution in [3.05, 3.63) is 65.7 Å². The number of H-pyrrole nitrogens is 2. The molecule has 2 unspecified atom stereocenters. The highest BCUT2D eigenvalue weighted by Gasteiger charge is 2.46. The summed E-state index contributed by atoms with van der Waals surface area (Å²) in [7, 11) is -10.7. The van der Waals surface area contributed by atoms with Crippen molar-refractivity contribution < 1.29 is 57.1 Å². The van der Waals surface area contributed by atoms with Gasteiger partial charge in [-0.3, -0.25) is 37.7 Å². The summed E-state index contributed by atoms with van der Waals surface area (Å²) in [6, 6.07) is 0.947. The summed E-state index contributed by atoms with van der Waals surface area (Å²) in [4.78, 5) is 70.5. The van der Waals surface area contributed by atoms with Gasteiger partial charge in [0.05, 0.1) is 19.3 Å². The molecule has 0 amide bonds. The first-order chi connectivity index (χ1) is 19.1. The Morgan fingerprint density at radius 2 is 1.49 bits per heavy atom. The maximum atomic E-state index is 12.3. The van der Waals surface area contributed by atoms with Crippen molar-refractivity contribution >= 4 is 15.6 Å². The smallest absolute Gasteiger partial charge is 0.390 e. The molecule has 2 aliphatic rings. The highest BCUT2D eigenvalue weighted by Crippen LogP contribution is 2.60. The largest absolute Gasteiger partial charge is 0.481 e. The molecule has 4 heterocycles. The zero-order chi connectivity index (χ0) is 30.3. The Morgan fingerprint density at radius 1 is 0.907 bits per heavy atom. The van der Waals surface area contributed by atoms with Crippen molar-refractivity contribution in [3.8, 4) is 0 Å². The van der Waals surface area contributed by atoms with E-state index in [1.54, 1.807) is 0 Å². The van der Waals surface area contributed by atoms with Gasteiger partial charge in [-0.05, 0) is 6.92 Å². The lowest BCUT2D eigenvalue weighted by Gasteiger charge is -2.21. The Bertz CT molecular complexity index is 1610. The molecule has 13 N–H and O–H groups in total. The van der Waals surface area contributed by atoms with Crippen LogP contribution < -0.4 is 34.8 Å². The highest BCUT2D eigenvalue weighted by molar-refractivity contribution is 7.61. The van der Waals surface area contributed by atoms with E-state index in [2.05, 4.69) is 18.3 Å². The van der Waals surface area contributed by atoms with Gasteiger partial charge in [0.2, 0.25) is 0 Å². The Balaban J connectivity index is 0.00000323. The molecule has 2 aliphatic heterocycles. The lowest BCUT2D eigenvalue weighted by Crippen LogP contribution is -2.37. The van der Waals surface area contributed by atoms with Crippen LogP contribution in [0.1, 0.15) is 24.4 Å². The van der Waals surface area contributed by atoms with Crippen LogP contribution >= 0.6 is 15.6 Å². The molecule has 0 aliphatic carbocycles. The van der Waals surface area contributed by atoms with Gasteiger partial charge < -0.3 is 46.9 Å². The average Bonchev–Trinajstić information content (AvgIpc) is 3.37. The standard InChI is InChI=1S/C19H26N4O16P2.2H3N/c1-8-5-23(19(30)21-16(8)28)13-4-9(24)10(37-13)6-35-40(31,32)39-41(33,34)36-7-11-14(26)15(27)17(38-11)22-3-2-12(25)20-18(22)29;;/h2-3,5,9-11,13-15,17,24,26-27H,4,6-7H2,1H3,(H,31,32)(H,33,34)(H,20,25,29)(H,21,28,30);2*1H3/t9-,10+,11+,13+,14+,15+,17+;;/m0../s1. The SMILES string of the molecule is Cc1cn([C@H]2C[C@H](O)[C@@H](COP(=O)(O)OP(=O)(O)OC[C@H]3O[C@@H](n4ccc(=O)[nH]c4=O)[C@H](O)[C@@H]3O)O2)c(=O)[nH]c1=O.N.N. The topological polar surface area (TPSA) is 361 Å². The maximum absolute atomic E-state index is 12.3. The molecule has 43 heavy (non-hydrogen) atoms. The first-order valence-electron chi connectivity index (χ1n) is 11.7. The monoisotopic (exact) mass is 662 g/mol. The number of aromatic amines is 2. The Labute approximate surface area is 239 Å². The van der Waals surface area contributed by atoms with E-state index in [1.807, 2.05) is 4.98 Å². The summed E-state index contributed by atoms with van der Waals surface area (Å²) < 4.78 is 50.5. The minimum Gasteiger partial charge on any atom is -0.390 e. The van der Waals surface area contributed by atoms with Crippen LogP contribution in [0.4, 0.5) is 0 Å². The third-order valence-corrected chi connectivity index (χ3v) is 8.73. The Hall–Kier alpha value is -2.66. The molecule has 244 valence electrons. The van der Waals surface area contributed by atoms with E-state index in [0.29, 0.717) is 0 Å². The van der Waals surface area contributed by atoms with Gasteiger partial charge in [-0.2, -0.15) is 4.31 Å². The lowest BCUT2D eigenvalue weighted by atomic mass is 10.1. The maximum Gasteiger partial charge on any atom is 0.481 e. The summed E-state index contributed by atoms with van der Waals surface area (Å²) in [5.74, 6) is 0. The van der Waals surface area contributed by atoms with Crippen LogP contribution in [0, 0.1) is 6.92 Å². The highest BCUT2D eigenvalue weighted by atomic mass is 31.3. The molecular weight excluding hydrogens is 630 g/mol. The molecule has 2 aromatic rings. The summed E-state index contributed by atoms with van der Waals surface area (Å²) in [5.41, 5.74) is -2.97. The number of nitrogens with one attached hydrogen (secondary N) is 2. The fraction of sp³-hybridized carbons (Fsp3) is 0.579. The van der Waals surface area contributed by atoms with E-state index in [4.69, 9.17) is 9.47 Å². The van der Waals surface area contributed by atoms with Crippen LogP contribution in [0.2, 0.25) is 0 Å². The van der Waals surface area contributed by atoms with E-state index in [0.717, 1.165) is 21.4 Å². The van der Waals surface area contributed by atoms with Crippen LogP contribution in [0.5, 0.6) is 0 Å². The molecule has 24 heteroatoms. The van der Waals surface area contributed by atoms with Gasteiger partial charge in [-0.25, -0.2) is 18.7 Å². The zero-order valence-corrected chi connectivity index (χ0v) is 24.1. The number of hydrogen-bond donors (Lipinski definition) is 9. The fourth-order valence-electron chi connectivity index (χ4n) is 4.07. The lowest BCUT2D eigenvalue weighted by molar-refractivity contribution is -0.0551. The number of aromatic nitrogens is 4. The number of aliphatic hydroxyl groups is 3. The van der Waals surface area contributed by atoms with Crippen molar-refractivity contribution in [1.82, 2.24) is 31.4 Å². The van der Waals surface area contributed by atoms with Gasteiger partial charge in [0.15, 0.2) is 6.23 Å². The van der Waals surface area contributed by atoms with E-state index in [9.17, 15) is 53.4 Å². The number of ether oxygens (including phenoxy) is 2. The van der Waals surface area contributed by atoms with Gasteiger partial charge >= 0.3 is 27.0 Å². The van der Waals surface area contributed by atoms with E-state index in [-0.39, 0.29) is 24.3 Å². The number of phosphoric acid groups is 2. The third kappa shape index (κ3) is 8.50. The summed E-state index contributed by atoms with van der Waals surface area (Å²) >= 11 is 0. The molecule has 2 saturated heterocycles. The zero-order valence-electron chi connectivity index (χ0n) is 22.3. The van der Waals surface area contributed by atoms with Crippen molar-refractivity contribution in [2.45, 2.75) is 56.3 Å². The summed E-state index contributed by atoms with van der Waals surface area (Å²) in [6.45, 7) is -0.377. The van der Waals surface area contributed by atoms with Crippen molar-refractivity contribution in [3.63, 3.8) is 0 Å². The molecular formula is C19H32N6O16P2. The first-order valence-corrected chi connectivity index (χ1v) is 14.7. The molecule has 0 aromatic carbocycles. The van der Waals surface area contributed by atoms with Crippen LogP contribution in [-0.2, 0) is 32.0 Å². The molecule has 0 radical (unpaired) electrons. The second-order valence-corrected chi connectivity index (χ2v) is 12.1. The van der Waals surface area contributed by atoms with E-state index < -0.39 is 94.3 Å². The minimum absolute atomic E-state index is 0. The quantitative estimate of drug-likeness (QED) is 0.116. The number of aryl methyl sites for hydroxylation is 1. The average molecular weight is 662 g/mol. The first kappa shape index (κ1) is 36.5. The molecule has 2 fully saturated rings. The number of rotatable bonds is 10. The van der Waals surface area contributed by atoms with Gasteiger partial charge in [0.1, 0.15) is 30.6 Å². The number of phosphoric ester groups is 2. The normalized spacial score (nSPS) is 29.7. The molecule has 22 nitrogen and oxygen atoms in total. The second-order valence-electron chi connectivity index (χ2n) is 9.08. The summed E-state index contributed by atoms with van der Waals surface area (Å²) in [6.07, 6.45) is -8.21. The van der Waals surface area contributed by atoms with E-state index >= 15 is 0 Å². The van der Waals surface area contributed by atoms with Crippen molar-refractivity contribution in [1.29, 1.82) is 0 Å². The number of nitrogens with zero attached hydrogens (tertiary/aromatic N) is 2. The third-order valence-electron chi connectivity index (χ3n) is 6.13. The predicted octanol–water partition coefficient (Wildman–Crippen LogP) is -2.76. The van der Waals surface area contributed by atoms with Crippen LogP contribution in [0.15, 0.2) is 37.6 Å². The molecule has 9 atom stereocenters. The number of hydrogen-bond acceptors (Lipinski definition) is 16. The molecule has 0 bridgehead atoms. The van der Waals surface area contributed by atoms with Gasteiger partial charge in [-0.15, -0.1) is 0 Å². The number of aliphatic hydroxyl groups excluding tert-OH is 3. The molecule has 0 saturated carbocycles. The van der Waals surface area contributed by atoms with Gasteiger partial charge in [-0.1, -0.05) is 0 Å². The molecule has 4 rings (SSSR count). The summed E-state index contributed by atoms with van der Waals surface area (Å²) in [5, 5.41) is 30.6. The minimum atomic E-state index is -5.38. The fourth-order valence-corrected chi connectivity index (χ4v) is 6.16. The van der Waals surface area contributed by atoms with Gasteiger partial charge in [0, 0.05) is 30.4 Å². The van der Waals surface area contributed by atoms with Crippen LogP contribution in [0.3, 0.4) is 0 Å². The van der Waals surface area contributed by atoms with Crippen molar-refractivity contribution in [2.75, 3.05) is 13.2 Å². The van der Waals surface area contributed by atoms with Crippen LogP contribution in [-0.4, -0.2) is 87.9 Å². The molecule has 0 spiro atoms. The second kappa shape index (κ2) is 14.0. The van der Waals surface area contributed by atoms with E-state index in [1.165, 1.54) is 13.1 Å². The Morgan fingerprint density at radius 3 is 2.09 bits per heavy atom. The Kier molecular flexibility index (Phi) is 11.9. The van der Waals surface area contributed by atoms with Gasteiger partial charge in [0.25, 0.3) is 11.1 Å². The van der Waals surface area contributed by atoms with Crippen molar-refractivity contribution in [2.24, 2.45) is 0 Å². The predicted molar refractivity (Wildman–Crippen MR) is 141 cm³/mol. The van der Waals surface area contributed by atoms with Crippen LogP contribution in [0.25, 0.3) is 0 Å².